The molecule has 0 aliphatic carbocycles. The lowest BCUT2D eigenvalue weighted by atomic mass is 10.2. The fourth-order valence-corrected chi connectivity index (χ4v) is 1.47. The third-order valence-corrected chi connectivity index (χ3v) is 2.34. The molecule has 6 heteroatoms. The van der Waals surface area contributed by atoms with Crippen molar-refractivity contribution in [2.24, 2.45) is 5.73 Å². The molecule has 0 aromatic rings. The van der Waals surface area contributed by atoms with E-state index >= 15 is 0 Å². The second kappa shape index (κ2) is 4.79. The van der Waals surface area contributed by atoms with Gasteiger partial charge >= 0.3 is 5.97 Å². The van der Waals surface area contributed by atoms with Crippen LogP contribution in [0.1, 0.15) is 0 Å². The highest BCUT2D eigenvalue weighted by Crippen LogP contribution is 2.08. The highest BCUT2D eigenvalue weighted by Gasteiger charge is 2.21. The third kappa shape index (κ3) is 3.25. The summed E-state index contributed by atoms with van der Waals surface area (Å²) in [5.41, 5.74) is 4.93. The minimum atomic E-state index is -1.11. The molecule has 1 rings (SSSR count). The molecule has 1 amide bonds. The molecule has 0 spiro atoms. The van der Waals surface area contributed by atoms with Crippen LogP contribution in [0.2, 0.25) is 0 Å². The Morgan fingerprint density at radius 2 is 1.80 bits per heavy atom. The van der Waals surface area contributed by atoms with Gasteiger partial charge in [0.15, 0.2) is 0 Å². The van der Waals surface area contributed by atoms with Gasteiger partial charge in [0, 0.05) is 32.3 Å². The van der Waals surface area contributed by atoms with Crippen molar-refractivity contribution in [1.82, 2.24) is 9.80 Å². The maximum Gasteiger partial charge on any atom is 0.352 e. The molecule has 0 aromatic carbocycles. The first-order valence-electron chi connectivity index (χ1n) is 4.68. The SMILES string of the molecule is CN1CCN(/C(=C/C(N)=O)C(=O)O)CC1. The highest BCUT2D eigenvalue weighted by molar-refractivity contribution is 5.96. The summed E-state index contributed by atoms with van der Waals surface area (Å²) in [6.45, 7) is 2.76. The van der Waals surface area contributed by atoms with E-state index < -0.39 is 11.9 Å². The molecule has 1 aliphatic rings. The number of rotatable bonds is 3. The Morgan fingerprint density at radius 3 is 2.20 bits per heavy atom. The molecule has 0 unspecified atom stereocenters. The molecule has 1 fully saturated rings. The second-order valence-corrected chi connectivity index (χ2v) is 3.53. The lowest BCUT2D eigenvalue weighted by Gasteiger charge is -2.33. The number of amides is 1. The van der Waals surface area contributed by atoms with E-state index in [2.05, 4.69) is 4.90 Å². The van der Waals surface area contributed by atoms with Gasteiger partial charge in [0.05, 0.1) is 0 Å². The summed E-state index contributed by atoms with van der Waals surface area (Å²) in [5, 5.41) is 8.91. The summed E-state index contributed by atoms with van der Waals surface area (Å²) >= 11 is 0. The van der Waals surface area contributed by atoms with Crippen LogP contribution in [0.4, 0.5) is 0 Å². The molecular formula is C9H15N3O3. The number of carbonyl (C=O) groups is 2. The lowest BCUT2D eigenvalue weighted by molar-refractivity contribution is -0.135. The summed E-state index contributed by atoms with van der Waals surface area (Å²) in [5.74, 6) is -1.84. The number of carboxylic acids is 1. The zero-order valence-corrected chi connectivity index (χ0v) is 8.64. The molecule has 1 heterocycles. The van der Waals surface area contributed by atoms with Crippen molar-refractivity contribution < 1.29 is 14.7 Å². The van der Waals surface area contributed by atoms with Gasteiger partial charge in [-0.25, -0.2) is 4.79 Å². The molecule has 0 saturated carbocycles. The Balaban J connectivity index is 2.73. The Kier molecular flexibility index (Phi) is 3.68. The Bertz CT molecular complexity index is 293. The minimum absolute atomic E-state index is 0.0180. The first-order valence-corrected chi connectivity index (χ1v) is 4.68. The van der Waals surface area contributed by atoms with Crippen molar-refractivity contribution in [3.05, 3.63) is 11.8 Å². The van der Waals surface area contributed by atoms with Gasteiger partial charge in [-0.05, 0) is 7.05 Å². The first-order chi connectivity index (χ1) is 7.00. The van der Waals surface area contributed by atoms with Crippen LogP contribution in [0.15, 0.2) is 11.8 Å². The van der Waals surface area contributed by atoms with Gasteiger partial charge in [-0.3, -0.25) is 4.79 Å². The zero-order valence-electron chi connectivity index (χ0n) is 8.64. The molecular weight excluding hydrogens is 198 g/mol. The number of nitrogens with two attached hydrogens (primary N) is 1. The quantitative estimate of drug-likeness (QED) is 0.568. The number of nitrogens with zero attached hydrogens (tertiary/aromatic N) is 2. The van der Waals surface area contributed by atoms with Gasteiger partial charge < -0.3 is 20.6 Å². The van der Waals surface area contributed by atoms with Gasteiger partial charge in [0.25, 0.3) is 0 Å². The van der Waals surface area contributed by atoms with E-state index in [1.807, 2.05) is 7.05 Å². The first kappa shape index (κ1) is 11.5. The second-order valence-electron chi connectivity index (χ2n) is 3.53. The maximum absolute atomic E-state index is 10.9. The Hall–Kier alpha value is -1.56. The van der Waals surface area contributed by atoms with E-state index in [-0.39, 0.29) is 5.70 Å². The van der Waals surface area contributed by atoms with Crippen LogP contribution in [-0.2, 0) is 9.59 Å². The van der Waals surface area contributed by atoms with Crippen molar-refractivity contribution in [2.75, 3.05) is 33.2 Å². The van der Waals surface area contributed by atoms with Gasteiger partial charge in [-0.1, -0.05) is 0 Å². The fraction of sp³-hybridized carbons (Fsp3) is 0.556. The molecule has 3 N–H and O–H groups in total. The molecule has 6 nitrogen and oxygen atoms in total. The number of piperazine rings is 1. The number of primary amides is 1. The number of aliphatic carboxylic acids is 1. The van der Waals surface area contributed by atoms with Crippen LogP contribution in [0.3, 0.4) is 0 Å². The predicted octanol–water partition coefficient (Wildman–Crippen LogP) is -1.31. The summed E-state index contributed by atoms with van der Waals surface area (Å²) in [6.07, 6.45) is 0.966. The monoisotopic (exact) mass is 213 g/mol. The van der Waals surface area contributed by atoms with E-state index in [1.165, 1.54) is 0 Å². The van der Waals surface area contributed by atoms with Crippen LogP contribution in [0.25, 0.3) is 0 Å². The smallest absolute Gasteiger partial charge is 0.352 e. The number of carbonyl (C=O) groups excluding carboxylic acids is 1. The molecule has 0 bridgehead atoms. The molecule has 1 aliphatic heterocycles. The number of hydrogen-bond acceptors (Lipinski definition) is 4. The van der Waals surface area contributed by atoms with Gasteiger partial charge in [0.2, 0.25) is 5.91 Å². The standard InChI is InChI=1S/C9H15N3O3/c1-11-2-4-12(5-3-11)7(9(14)15)6-8(10)13/h6H,2-5H2,1H3,(H2,10,13)(H,14,15)/b7-6+. The van der Waals surface area contributed by atoms with Crippen LogP contribution in [0.5, 0.6) is 0 Å². The third-order valence-electron chi connectivity index (χ3n) is 2.34. The average Bonchev–Trinajstić information content (AvgIpc) is 2.15. The highest BCUT2D eigenvalue weighted by atomic mass is 16.4. The van der Waals surface area contributed by atoms with Gasteiger partial charge in [0.1, 0.15) is 5.70 Å². The van der Waals surface area contributed by atoms with Crippen molar-refractivity contribution in [2.45, 2.75) is 0 Å². The van der Waals surface area contributed by atoms with E-state index in [4.69, 9.17) is 10.8 Å². The van der Waals surface area contributed by atoms with E-state index in [1.54, 1.807) is 4.90 Å². The van der Waals surface area contributed by atoms with E-state index in [0.29, 0.717) is 13.1 Å². The molecule has 1 saturated heterocycles. The fourth-order valence-electron chi connectivity index (χ4n) is 1.47. The average molecular weight is 213 g/mol. The van der Waals surface area contributed by atoms with E-state index in [9.17, 15) is 9.59 Å². The largest absolute Gasteiger partial charge is 0.477 e. The summed E-state index contributed by atoms with van der Waals surface area (Å²) in [6, 6.07) is 0. The molecule has 84 valence electrons. The molecule has 0 aromatic heterocycles. The van der Waals surface area contributed by atoms with Crippen LogP contribution in [0, 0.1) is 0 Å². The molecule has 0 atom stereocenters. The number of likely N-dealkylation sites (N-methyl/N-ethyl adjacent to an activating group) is 1. The predicted molar refractivity (Wildman–Crippen MR) is 54.0 cm³/mol. The summed E-state index contributed by atoms with van der Waals surface area (Å²) in [7, 11) is 1.97. The maximum atomic E-state index is 10.9. The van der Waals surface area contributed by atoms with E-state index in [0.717, 1.165) is 19.2 Å². The van der Waals surface area contributed by atoms with Crippen LogP contribution < -0.4 is 5.73 Å². The summed E-state index contributed by atoms with van der Waals surface area (Å²) < 4.78 is 0. The van der Waals surface area contributed by atoms with Crippen molar-refractivity contribution in [1.29, 1.82) is 0 Å². The van der Waals surface area contributed by atoms with Crippen molar-refractivity contribution in [3.8, 4) is 0 Å². The summed E-state index contributed by atoms with van der Waals surface area (Å²) in [4.78, 5) is 25.3. The Morgan fingerprint density at radius 1 is 1.27 bits per heavy atom. The lowest BCUT2D eigenvalue weighted by Crippen LogP contribution is -2.45. The molecule has 0 radical (unpaired) electrons. The minimum Gasteiger partial charge on any atom is -0.477 e. The van der Waals surface area contributed by atoms with Gasteiger partial charge in [-0.15, -0.1) is 0 Å². The number of hydrogen-bond donors (Lipinski definition) is 2. The van der Waals surface area contributed by atoms with Crippen LogP contribution in [-0.4, -0.2) is 60.0 Å². The zero-order chi connectivity index (χ0) is 11.4. The normalized spacial score (nSPS) is 19.0. The topological polar surface area (TPSA) is 86.9 Å². The van der Waals surface area contributed by atoms with Crippen LogP contribution >= 0.6 is 0 Å². The number of carboxylic acid groups (broad SMARTS) is 1. The van der Waals surface area contributed by atoms with Crippen molar-refractivity contribution >= 4 is 11.9 Å². The Labute approximate surface area is 87.9 Å². The van der Waals surface area contributed by atoms with Crippen molar-refractivity contribution in [3.63, 3.8) is 0 Å². The van der Waals surface area contributed by atoms with Gasteiger partial charge in [-0.2, -0.15) is 0 Å². The molecule has 15 heavy (non-hydrogen) atoms.